The molecule has 0 amide bonds. The van der Waals surface area contributed by atoms with Crippen molar-refractivity contribution in [1.29, 1.82) is 0 Å². The normalized spacial score (nSPS) is 15.8. The maximum atomic E-state index is 10.6. The second-order valence-electron chi connectivity index (χ2n) is 5.07. The first-order valence-electron chi connectivity index (χ1n) is 7.08. The number of para-hydroxylation sites is 2. The van der Waals surface area contributed by atoms with Gasteiger partial charge in [-0.15, -0.1) is 0 Å². The molecule has 1 fully saturated rings. The first-order valence-corrected chi connectivity index (χ1v) is 7.08. The molecule has 1 aromatic heterocycles. The molecule has 0 unspecified atom stereocenters. The number of hydrogen-bond donors (Lipinski definition) is 4. The molecule has 1 saturated heterocycles. The number of anilines is 1. The number of imidazole rings is 1. The molecule has 0 spiro atoms. The lowest BCUT2D eigenvalue weighted by molar-refractivity contribution is -0.192. The number of rotatable bonds is 2. The van der Waals surface area contributed by atoms with Gasteiger partial charge in [-0.2, -0.15) is 13.2 Å². The molecule has 6 nitrogen and oxygen atoms in total. The van der Waals surface area contributed by atoms with E-state index in [1.165, 1.54) is 0 Å². The third-order valence-corrected chi connectivity index (χ3v) is 3.31. The molecule has 9 heteroatoms. The minimum Gasteiger partial charge on any atom is -0.475 e. The quantitative estimate of drug-likeness (QED) is 0.679. The van der Waals surface area contributed by atoms with Crippen molar-refractivity contribution in [2.45, 2.75) is 25.1 Å². The highest BCUT2D eigenvalue weighted by Crippen LogP contribution is 2.16. The monoisotopic (exact) mass is 330 g/mol. The van der Waals surface area contributed by atoms with Crippen LogP contribution in [0.3, 0.4) is 0 Å². The number of benzene rings is 1. The van der Waals surface area contributed by atoms with Crippen LogP contribution in [0.2, 0.25) is 0 Å². The van der Waals surface area contributed by atoms with Crippen LogP contribution in [-0.4, -0.2) is 46.4 Å². The summed E-state index contributed by atoms with van der Waals surface area (Å²) < 4.78 is 31.7. The first-order chi connectivity index (χ1) is 10.9. The van der Waals surface area contributed by atoms with Crippen LogP contribution < -0.4 is 10.6 Å². The lowest BCUT2D eigenvalue weighted by Gasteiger charge is -2.23. The number of hydrogen-bond acceptors (Lipinski definition) is 4. The van der Waals surface area contributed by atoms with Crippen molar-refractivity contribution in [2.75, 3.05) is 18.4 Å². The molecule has 3 rings (SSSR count). The van der Waals surface area contributed by atoms with Gasteiger partial charge in [0.2, 0.25) is 5.95 Å². The Morgan fingerprint density at radius 2 is 1.87 bits per heavy atom. The van der Waals surface area contributed by atoms with Gasteiger partial charge in [-0.1, -0.05) is 12.1 Å². The van der Waals surface area contributed by atoms with Crippen LogP contribution in [0, 0.1) is 0 Å². The second-order valence-corrected chi connectivity index (χ2v) is 5.07. The van der Waals surface area contributed by atoms with Crippen molar-refractivity contribution < 1.29 is 23.1 Å². The molecule has 0 saturated carbocycles. The van der Waals surface area contributed by atoms with E-state index in [0.717, 1.165) is 42.9 Å². The molecule has 0 radical (unpaired) electrons. The minimum atomic E-state index is -5.08. The summed E-state index contributed by atoms with van der Waals surface area (Å²) >= 11 is 0. The van der Waals surface area contributed by atoms with Crippen LogP contribution in [0.4, 0.5) is 19.1 Å². The minimum absolute atomic E-state index is 0.543. The van der Waals surface area contributed by atoms with Crippen molar-refractivity contribution in [3.05, 3.63) is 24.3 Å². The number of carboxylic acid groups (broad SMARTS) is 1. The summed E-state index contributed by atoms with van der Waals surface area (Å²) in [5.74, 6) is -1.86. The number of carboxylic acids is 1. The molecule has 4 N–H and O–H groups in total. The van der Waals surface area contributed by atoms with E-state index in [0.29, 0.717) is 6.04 Å². The molecule has 0 atom stereocenters. The largest absolute Gasteiger partial charge is 0.490 e. The average molecular weight is 330 g/mol. The van der Waals surface area contributed by atoms with E-state index in [2.05, 4.69) is 26.7 Å². The Balaban J connectivity index is 0.000000236. The molecule has 23 heavy (non-hydrogen) atoms. The zero-order chi connectivity index (χ0) is 16.9. The molecule has 126 valence electrons. The van der Waals surface area contributed by atoms with E-state index in [9.17, 15) is 13.2 Å². The molecule has 0 aliphatic carbocycles. The standard InChI is InChI=1S/C12H16N4.C2HF3O2/c1-2-4-11-10(3-1)15-12(16-11)14-9-5-7-13-8-6-9;3-2(4,5)1(6)7/h1-4,9,13H,5-8H2,(H2,14,15,16);(H,6,7). The van der Waals surface area contributed by atoms with Crippen molar-refractivity contribution in [3.8, 4) is 0 Å². The number of piperidine rings is 1. The number of H-pyrrole nitrogens is 1. The lowest BCUT2D eigenvalue weighted by Crippen LogP contribution is -2.35. The lowest BCUT2D eigenvalue weighted by atomic mass is 10.1. The number of fused-ring (bicyclic) bond motifs is 1. The van der Waals surface area contributed by atoms with E-state index in [4.69, 9.17) is 9.90 Å². The van der Waals surface area contributed by atoms with Gasteiger partial charge in [-0.3, -0.25) is 0 Å². The fourth-order valence-corrected chi connectivity index (χ4v) is 2.18. The van der Waals surface area contributed by atoms with Crippen molar-refractivity contribution >= 4 is 23.0 Å². The summed E-state index contributed by atoms with van der Waals surface area (Å²) in [6, 6.07) is 8.66. The van der Waals surface area contributed by atoms with Gasteiger partial charge in [-0.25, -0.2) is 9.78 Å². The summed E-state index contributed by atoms with van der Waals surface area (Å²) in [5, 5.41) is 13.9. The maximum absolute atomic E-state index is 10.6. The molecular weight excluding hydrogens is 313 g/mol. The van der Waals surface area contributed by atoms with Crippen molar-refractivity contribution in [1.82, 2.24) is 15.3 Å². The van der Waals surface area contributed by atoms with E-state index in [-0.39, 0.29) is 0 Å². The van der Waals surface area contributed by atoms with Gasteiger partial charge in [0.1, 0.15) is 0 Å². The van der Waals surface area contributed by atoms with Crippen LogP contribution in [-0.2, 0) is 4.79 Å². The van der Waals surface area contributed by atoms with Gasteiger partial charge in [0.15, 0.2) is 0 Å². The molecule has 0 bridgehead atoms. The van der Waals surface area contributed by atoms with Crippen LogP contribution in [0.1, 0.15) is 12.8 Å². The zero-order valence-electron chi connectivity index (χ0n) is 12.2. The van der Waals surface area contributed by atoms with Crippen LogP contribution in [0.25, 0.3) is 11.0 Å². The number of nitrogens with zero attached hydrogens (tertiary/aromatic N) is 1. The second kappa shape index (κ2) is 7.32. The average Bonchev–Trinajstić information content (AvgIpc) is 2.90. The van der Waals surface area contributed by atoms with Gasteiger partial charge < -0.3 is 20.7 Å². The first kappa shape index (κ1) is 17.1. The van der Waals surface area contributed by atoms with Gasteiger partial charge in [0.25, 0.3) is 0 Å². The molecule has 2 aromatic rings. The number of aromatic nitrogens is 2. The molecule has 1 aliphatic heterocycles. The van der Waals surface area contributed by atoms with Gasteiger partial charge in [0.05, 0.1) is 11.0 Å². The van der Waals surface area contributed by atoms with E-state index < -0.39 is 12.1 Å². The van der Waals surface area contributed by atoms with E-state index in [1.54, 1.807) is 0 Å². The number of carbonyl (C=O) groups is 1. The zero-order valence-corrected chi connectivity index (χ0v) is 12.2. The molecule has 1 aromatic carbocycles. The van der Waals surface area contributed by atoms with E-state index in [1.807, 2.05) is 18.2 Å². The summed E-state index contributed by atoms with van der Waals surface area (Å²) in [7, 11) is 0. The fourth-order valence-electron chi connectivity index (χ4n) is 2.18. The van der Waals surface area contributed by atoms with Gasteiger partial charge in [0, 0.05) is 6.04 Å². The highest BCUT2D eigenvalue weighted by molar-refractivity contribution is 5.77. The third kappa shape index (κ3) is 5.13. The predicted octanol–water partition coefficient (Wildman–Crippen LogP) is 2.36. The fraction of sp³-hybridized carbons (Fsp3) is 0.429. The van der Waals surface area contributed by atoms with Crippen LogP contribution in [0.15, 0.2) is 24.3 Å². The Morgan fingerprint density at radius 1 is 1.26 bits per heavy atom. The van der Waals surface area contributed by atoms with Crippen molar-refractivity contribution in [3.63, 3.8) is 0 Å². The Kier molecular flexibility index (Phi) is 5.43. The Hall–Kier alpha value is -2.29. The Morgan fingerprint density at radius 3 is 2.43 bits per heavy atom. The maximum Gasteiger partial charge on any atom is 0.490 e. The smallest absolute Gasteiger partial charge is 0.475 e. The number of halogens is 3. The van der Waals surface area contributed by atoms with Crippen LogP contribution in [0.5, 0.6) is 0 Å². The number of nitrogens with one attached hydrogen (secondary N) is 3. The molecule has 1 aliphatic rings. The van der Waals surface area contributed by atoms with Gasteiger partial charge in [-0.05, 0) is 38.1 Å². The number of aliphatic carboxylic acids is 1. The summed E-state index contributed by atoms with van der Waals surface area (Å²) in [6.45, 7) is 2.19. The highest BCUT2D eigenvalue weighted by atomic mass is 19.4. The molecule has 2 heterocycles. The topological polar surface area (TPSA) is 90.0 Å². The number of alkyl halides is 3. The Labute approximate surface area is 130 Å². The highest BCUT2D eigenvalue weighted by Gasteiger charge is 2.38. The SMILES string of the molecule is O=C(O)C(F)(F)F.c1ccc2[nH]c(NC3CCNCC3)nc2c1. The Bertz CT molecular complexity index is 618. The van der Waals surface area contributed by atoms with Gasteiger partial charge >= 0.3 is 12.1 Å². The van der Waals surface area contributed by atoms with Crippen LogP contribution >= 0.6 is 0 Å². The predicted molar refractivity (Wildman–Crippen MR) is 79.3 cm³/mol. The molecular formula is C14H17F3N4O2. The summed E-state index contributed by atoms with van der Waals surface area (Å²) in [6.07, 6.45) is -2.76. The number of aromatic amines is 1. The summed E-state index contributed by atoms with van der Waals surface area (Å²) in [5.41, 5.74) is 2.12. The van der Waals surface area contributed by atoms with E-state index >= 15 is 0 Å². The third-order valence-electron chi connectivity index (χ3n) is 3.31. The van der Waals surface area contributed by atoms with Crippen molar-refractivity contribution in [2.24, 2.45) is 0 Å². The summed E-state index contributed by atoms with van der Waals surface area (Å²) in [4.78, 5) is 16.7.